The molecule has 0 aromatic heterocycles. The molecule has 142 valence electrons. The van der Waals surface area contributed by atoms with Crippen molar-refractivity contribution >= 4 is 45.1 Å². The Hall–Kier alpha value is -3.00. The fourth-order valence-corrected chi connectivity index (χ4v) is 3.54. The molecular formula is C20H16BrN3O4. The van der Waals surface area contributed by atoms with Crippen LogP contribution in [-0.4, -0.2) is 29.0 Å². The van der Waals surface area contributed by atoms with Crippen molar-refractivity contribution < 1.29 is 19.1 Å². The number of halogens is 1. The van der Waals surface area contributed by atoms with Crippen LogP contribution in [0.4, 0.5) is 5.69 Å². The molecule has 1 N–H and O–H groups in total. The SMILES string of the molecule is O=C(OCc1ccccc1)C1=NNC2(CC(=O)N(c3ccc(Br)cc3)C2=O)C1. The van der Waals surface area contributed by atoms with Crippen LogP contribution < -0.4 is 10.3 Å². The van der Waals surface area contributed by atoms with Crippen molar-refractivity contribution in [3.63, 3.8) is 0 Å². The molecule has 1 saturated heterocycles. The molecule has 1 spiro atoms. The van der Waals surface area contributed by atoms with Crippen LogP contribution in [0.3, 0.4) is 0 Å². The number of esters is 1. The normalized spacial score (nSPS) is 21.0. The van der Waals surface area contributed by atoms with Crippen LogP contribution >= 0.6 is 15.9 Å². The fourth-order valence-electron chi connectivity index (χ4n) is 3.28. The number of hydrogen-bond donors (Lipinski definition) is 1. The Balaban J connectivity index is 1.44. The smallest absolute Gasteiger partial charge is 0.354 e. The van der Waals surface area contributed by atoms with Crippen LogP contribution in [0.25, 0.3) is 0 Å². The lowest BCUT2D eigenvalue weighted by atomic mass is 9.93. The summed E-state index contributed by atoms with van der Waals surface area (Å²) >= 11 is 3.33. The van der Waals surface area contributed by atoms with Gasteiger partial charge in [-0.25, -0.2) is 9.69 Å². The third kappa shape index (κ3) is 3.31. The maximum absolute atomic E-state index is 13.0. The van der Waals surface area contributed by atoms with Gasteiger partial charge < -0.3 is 4.74 Å². The van der Waals surface area contributed by atoms with E-state index >= 15 is 0 Å². The van der Waals surface area contributed by atoms with E-state index < -0.39 is 17.4 Å². The lowest BCUT2D eigenvalue weighted by molar-refractivity contribution is -0.136. The number of nitrogens with zero attached hydrogens (tertiary/aromatic N) is 2. The minimum Gasteiger partial charge on any atom is -0.456 e. The summed E-state index contributed by atoms with van der Waals surface area (Å²) in [6.07, 6.45) is -0.0565. The number of hydrogen-bond acceptors (Lipinski definition) is 6. The highest BCUT2D eigenvalue weighted by Crippen LogP contribution is 2.35. The molecule has 1 fully saturated rings. The molecule has 7 nitrogen and oxygen atoms in total. The van der Waals surface area contributed by atoms with Crippen molar-refractivity contribution in [3.8, 4) is 0 Å². The van der Waals surface area contributed by atoms with Crippen molar-refractivity contribution in [1.82, 2.24) is 5.43 Å². The number of rotatable bonds is 4. The molecule has 8 heteroatoms. The van der Waals surface area contributed by atoms with Gasteiger partial charge in [0.05, 0.1) is 12.1 Å². The van der Waals surface area contributed by atoms with E-state index in [0.29, 0.717) is 5.69 Å². The summed E-state index contributed by atoms with van der Waals surface area (Å²) in [5, 5.41) is 4.00. The second kappa shape index (κ2) is 7.20. The Labute approximate surface area is 169 Å². The minimum absolute atomic E-state index is 0.0121. The van der Waals surface area contributed by atoms with Crippen LogP contribution in [-0.2, 0) is 25.7 Å². The molecular weight excluding hydrogens is 426 g/mol. The second-order valence-electron chi connectivity index (χ2n) is 6.68. The second-order valence-corrected chi connectivity index (χ2v) is 7.59. The highest BCUT2D eigenvalue weighted by Gasteiger charge is 2.56. The lowest BCUT2D eigenvalue weighted by Gasteiger charge is -2.21. The first-order chi connectivity index (χ1) is 13.5. The zero-order chi connectivity index (χ0) is 19.7. The molecule has 2 aromatic rings. The first kappa shape index (κ1) is 18.4. The van der Waals surface area contributed by atoms with E-state index in [1.54, 1.807) is 24.3 Å². The van der Waals surface area contributed by atoms with E-state index in [-0.39, 0.29) is 31.1 Å². The average molecular weight is 442 g/mol. The van der Waals surface area contributed by atoms with Gasteiger partial charge in [0.2, 0.25) is 5.91 Å². The highest BCUT2D eigenvalue weighted by atomic mass is 79.9. The fraction of sp³-hybridized carbons (Fsp3) is 0.200. The third-order valence-corrected chi connectivity index (χ3v) is 5.25. The van der Waals surface area contributed by atoms with Gasteiger partial charge >= 0.3 is 5.97 Å². The Morgan fingerprint density at radius 3 is 2.54 bits per heavy atom. The molecule has 2 amide bonds. The summed E-state index contributed by atoms with van der Waals surface area (Å²) in [4.78, 5) is 38.9. The zero-order valence-electron chi connectivity index (χ0n) is 14.7. The van der Waals surface area contributed by atoms with E-state index in [4.69, 9.17) is 4.74 Å². The van der Waals surface area contributed by atoms with Crippen LogP contribution in [0.2, 0.25) is 0 Å². The predicted molar refractivity (Wildman–Crippen MR) is 105 cm³/mol. The lowest BCUT2D eigenvalue weighted by Crippen LogP contribution is -2.47. The van der Waals surface area contributed by atoms with Crippen LogP contribution in [0, 0.1) is 0 Å². The van der Waals surface area contributed by atoms with Gasteiger partial charge in [0.1, 0.15) is 17.9 Å². The number of anilines is 1. The molecule has 2 aliphatic rings. The first-order valence-electron chi connectivity index (χ1n) is 8.66. The van der Waals surface area contributed by atoms with Gasteiger partial charge in [-0.15, -0.1) is 0 Å². The van der Waals surface area contributed by atoms with Crippen LogP contribution in [0.15, 0.2) is 64.2 Å². The van der Waals surface area contributed by atoms with E-state index in [2.05, 4.69) is 26.5 Å². The topological polar surface area (TPSA) is 88.1 Å². The van der Waals surface area contributed by atoms with Gasteiger partial charge in [-0.05, 0) is 29.8 Å². The number of carbonyl (C=O) groups is 3. The summed E-state index contributed by atoms with van der Waals surface area (Å²) in [5.74, 6) is -1.36. The number of carbonyl (C=O) groups excluding carboxylic acids is 3. The van der Waals surface area contributed by atoms with Crippen molar-refractivity contribution in [2.45, 2.75) is 25.0 Å². The Kier molecular flexibility index (Phi) is 4.72. The molecule has 1 atom stereocenters. The van der Waals surface area contributed by atoms with E-state index in [1.165, 1.54) is 0 Å². The maximum Gasteiger partial charge on any atom is 0.354 e. The molecule has 2 heterocycles. The quantitative estimate of drug-likeness (QED) is 0.581. The minimum atomic E-state index is -1.23. The average Bonchev–Trinajstić information content (AvgIpc) is 3.23. The van der Waals surface area contributed by atoms with Gasteiger partial charge in [-0.1, -0.05) is 46.3 Å². The summed E-state index contributed by atoms with van der Waals surface area (Å²) in [6.45, 7) is 0.115. The van der Waals surface area contributed by atoms with Gasteiger partial charge in [-0.3, -0.25) is 15.0 Å². The summed E-state index contributed by atoms with van der Waals surface area (Å²) in [5.41, 5.74) is 2.93. The predicted octanol–water partition coefficient (Wildman–Crippen LogP) is 2.54. The molecule has 4 rings (SSSR count). The number of nitrogens with one attached hydrogen (secondary N) is 1. The third-order valence-electron chi connectivity index (χ3n) is 4.72. The largest absolute Gasteiger partial charge is 0.456 e. The van der Waals surface area contributed by atoms with Gasteiger partial charge in [0.15, 0.2) is 0 Å². The van der Waals surface area contributed by atoms with E-state index in [9.17, 15) is 14.4 Å². The van der Waals surface area contributed by atoms with Crippen LogP contribution in [0.1, 0.15) is 18.4 Å². The van der Waals surface area contributed by atoms with E-state index in [1.807, 2.05) is 30.3 Å². The number of amides is 2. The molecule has 0 bridgehead atoms. The number of hydrazone groups is 1. The standard InChI is InChI=1S/C20H16BrN3O4/c21-14-6-8-15(9-7-14)24-17(25)11-20(19(24)27)10-16(22-23-20)18(26)28-12-13-4-2-1-3-5-13/h1-9,23H,10-12H2. The van der Waals surface area contributed by atoms with Crippen molar-refractivity contribution in [1.29, 1.82) is 0 Å². The summed E-state index contributed by atoms with van der Waals surface area (Å²) in [7, 11) is 0. The summed E-state index contributed by atoms with van der Waals surface area (Å²) in [6, 6.07) is 16.2. The molecule has 0 saturated carbocycles. The molecule has 0 radical (unpaired) electrons. The van der Waals surface area contributed by atoms with Gasteiger partial charge in [0.25, 0.3) is 5.91 Å². The monoisotopic (exact) mass is 441 g/mol. The Bertz CT molecular complexity index is 975. The van der Waals surface area contributed by atoms with Crippen molar-refractivity contribution in [3.05, 3.63) is 64.6 Å². The molecule has 0 aliphatic carbocycles. The maximum atomic E-state index is 13.0. The molecule has 2 aliphatic heterocycles. The van der Waals surface area contributed by atoms with Crippen molar-refractivity contribution in [2.75, 3.05) is 4.90 Å². The number of imide groups is 1. The van der Waals surface area contributed by atoms with Gasteiger partial charge in [-0.2, -0.15) is 5.10 Å². The zero-order valence-corrected chi connectivity index (χ0v) is 16.3. The molecule has 2 aromatic carbocycles. The first-order valence-corrected chi connectivity index (χ1v) is 9.46. The summed E-state index contributed by atoms with van der Waals surface area (Å²) < 4.78 is 6.12. The van der Waals surface area contributed by atoms with Crippen LogP contribution in [0.5, 0.6) is 0 Å². The van der Waals surface area contributed by atoms with E-state index in [0.717, 1.165) is 14.9 Å². The Morgan fingerprint density at radius 1 is 1.11 bits per heavy atom. The Morgan fingerprint density at radius 2 is 1.82 bits per heavy atom. The van der Waals surface area contributed by atoms with Gasteiger partial charge in [0, 0.05) is 10.9 Å². The molecule has 1 unspecified atom stereocenters. The number of ether oxygens (including phenoxy) is 1. The highest BCUT2D eigenvalue weighted by molar-refractivity contribution is 9.10. The number of benzene rings is 2. The van der Waals surface area contributed by atoms with Crippen molar-refractivity contribution in [2.24, 2.45) is 5.10 Å². The molecule has 28 heavy (non-hydrogen) atoms.